The van der Waals surface area contributed by atoms with Gasteiger partial charge in [0.25, 0.3) is 0 Å². The van der Waals surface area contributed by atoms with Crippen molar-refractivity contribution in [3.8, 4) is 11.5 Å². The summed E-state index contributed by atoms with van der Waals surface area (Å²) in [5, 5.41) is 27.4. The van der Waals surface area contributed by atoms with E-state index in [-0.39, 0.29) is 18.0 Å². The molecule has 0 fully saturated rings. The van der Waals surface area contributed by atoms with Crippen LogP contribution >= 0.6 is 0 Å². The van der Waals surface area contributed by atoms with Gasteiger partial charge in [0.1, 0.15) is 11.5 Å². The molecule has 0 unspecified atom stereocenters. The molecule has 0 aliphatic rings. The van der Waals surface area contributed by atoms with Crippen molar-refractivity contribution in [1.29, 1.82) is 0 Å². The number of aliphatic hydroxyl groups excluding tert-OH is 1. The molecule has 1 atom stereocenters. The molecule has 66 valence electrons. The highest BCUT2D eigenvalue weighted by atomic mass is 16.3. The van der Waals surface area contributed by atoms with Gasteiger partial charge in [-0.3, -0.25) is 0 Å². The van der Waals surface area contributed by atoms with Crippen LogP contribution < -0.4 is 5.73 Å². The van der Waals surface area contributed by atoms with Gasteiger partial charge in [-0.1, -0.05) is 0 Å². The van der Waals surface area contributed by atoms with Crippen molar-refractivity contribution in [3.05, 3.63) is 23.8 Å². The first kappa shape index (κ1) is 8.83. The van der Waals surface area contributed by atoms with E-state index in [0.29, 0.717) is 5.56 Å². The van der Waals surface area contributed by atoms with E-state index in [1.54, 1.807) is 0 Å². The Morgan fingerprint density at radius 1 is 1.33 bits per heavy atom. The highest BCUT2D eigenvalue weighted by Gasteiger charge is 2.10. The second-order valence-electron chi connectivity index (χ2n) is 2.49. The van der Waals surface area contributed by atoms with Crippen LogP contribution in [0.2, 0.25) is 0 Å². The van der Waals surface area contributed by atoms with E-state index in [9.17, 15) is 10.2 Å². The largest absolute Gasteiger partial charge is 0.508 e. The fourth-order valence-corrected chi connectivity index (χ4v) is 0.941. The summed E-state index contributed by atoms with van der Waals surface area (Å²) in [5.74, 6) is -0.187. The van der Waals surface area contributed by atoms with Crippen molar-refractivity contribution in [1.82, 2.24) is 0 Å². The molecule has 0 saturated heterocycles. The van der Waals surface area contributed by atoms with E-state index in [2.05, 4.69) is 0 Å². The quantitative estimate of drug-likeness (QED) is 0.505. The van der Waals surface area contributed by atoms with Gasteiger partial charge in [0.2, 0.25) is 0 Å². The van der Waals surface area contributed by atoms with Gasteiger partial charge in [-0.25, -0.2) is 0 Å². The number of benzene rings is 1. The average Bonchev–Trinajstić information content (AvgIpc) is 2.03. The van der Waals surface area contributed by atoms with Crippen LogP contribution in [0, 0.1) is 0 Å². The second-order valence-corrected chi connectivity index (χ2v) is 2.49. The molecule has 0 heterocycles. The molecule has 0 saturated carbocycles. The Morgan fingerprint density at radius 2 is 2.00 bits per heavy atom. The lowest BCUT2D eigenvalue weighted by Gasteiger charge is -2.09. The summed E-state index contributed by atoms with van der Waals surface area (Å²) in [6.07, 6.45) is -0.884. The molecule has 0 aliphatic heterocycles. The van der Waals surface area contributed by atoms with Gasteiger partial charge in [0.05, 0.1) is 6.10 Å². The lowest BCUT2D eigenvalue weighted by Crippen LogP contribution is -2.11. The molecule has 4 nitrogen and oxygen atoms in total. The first-order valence-corrected chi connectivity index (χ1v) is 3.55. The second kappa shape index (κ2) is 3.42. The van der Waals surface area contributed by atoms with Crippen LogP contribution in [0.25, 0.3) is 0 Å². The third kappa shape index (κ3) is 1.66. The van der Waals surface area contributed by atoms with Crippen LogP contribution in [-0.2, 0) is 0 Å². The maximum atomic E-state index is 9.23. The van der Waals surface area contributed by atoms with Gasteiger partial charge in [-0.2, -0.15) is 0 Å². The Hall–Kier alpha value is -1.26. The van der Waals surface area contributed by atoms with Crippen molar-refractivity contribution in [2.45, 2.75) is 6.10 Å². The summed E-state index contributed by atoms with van der Waals surface area (Å²) >= 11 is 0. The number of nitrogens with two attached hydrogens (primary N) is 1. The highest BCUT2D eigenvalue weighted by Crippen LogP contribution is 2.27. The van der Waals surface area contributed by atoms with Crippen LogP contribution in [0.1, 0.15) is 11.7 Å². The summed E-state index contributed by atoms with van der Waals surface area (Å²) in [6.45, 7) is 0.0400. The molecule has 0 radical (unpaired) electrons. The minimum Gasteiger partial charge on any atom is -0.508 e. The van der Waals surface area contributed by atoms with Gasteiger partial charge in [0, 0.05) is 18.2 Å². The maximum Gasteiger partial charge on any atom is 0.125 e. The number of hydrogen-bond donors (Lipinski definition) is 4. The van der Waals surface area contributed by atoms with Crippen LogP contribution in [0.4, 0.5) is 0 Å². The van der Waals surface area contributed by atoms with E-state index in [1.807, 2.05) is 0 Å². The summed E-state index contributed by atoms with van der Waals surface area (Å²) in [4.78, 5) is 0. The van der Waals surface area contributed by atoms with E-state index in [1.165, 1.54) is 12.1 Å². The van der Waals surface area contributed by atoms with E-state index >= 15 is 0 Å². The molecule has 4 heteroatoms. The minimum absolute atomic E-state index is 0.0400. The molecule has 1 aromatic rings. The van der Waals surface area contributed by atoms with Gasteiger partial charge in [-0.05, 0) is 12.1 Å². The Kier molecular flexibility index (Phi) is 2.52. The molecule has 0 spiro atoms. The first-order chi connectivity index (χ1) is 5.65. The van der Waals surface area contributed by atoms with Gasteiger partial charge in [-0.15, -0.1) is 0 Å². The summed E-state index contributed by atoms with van der Waals surface area (Å²) in [7, 11) is 0. The predicted molar refractivity (Wildman–Crippen MR) is 43.8 cm³/mol. The molecular formula is C8H11NO3. The summed E-state index contributed by atoms with van der Waals surface area (Å²) < 4.78 is 0. The van der Waals surface area contributed by atoms with Crippen LogP contribution in [0.5, 0.6) is 11.5 Å². The van der Waals surface area contributed by atoms with Gasteiger partial charge < -0.3 is 21.1 Å². The molecule has 12 heavy (non-hydrogen) atoms. The lowest BCUT2D eigenvalue weighted by molar-refractivity contribution is 0.182. The van der Waals surface area contributed by atoms with Crippen molar-refractivity contribution >= 4 is 0 Å². The molecule has 0 aromatic heterocycles. The number of rotatable bonds is 2. The topological polar surface area (TPSA) is 86.7 Å². The van der Waals surface area contributed by atoms with Crippen molar-refractivity contribution in [2.24, 2.45) is 5.73 Å². The standard InChI is InChI=1S/C8H11NO3/c9-4-8(12)6-2-1-5(10)3-7(6)11/h1-3,8,10-12H,4,9H2/t8-/m1/s1. The monoisotopic (exact) mass is 169 g/mol. The molecule has 1 rings (SSSR count). The third-order valence-corrected chi connectivity index (χ3v) is 1.60. The van der Waals surface area contributed by atoms with Crippen LogP contribution in [0.15, 0.2) is 18.2 Å². The van der Waals surface area contributed by atoms with Crippen LogP contribution in [-0.4, -0.2) is 21.9 Å². The fraction of sp³-hybridized carbons (Fsp3) is 0.250. The number of hydrogen-bond acceptors (Lipinski definition) is 4. The Balaban J connectivity index is 3.01. The van der Waals surface area contributed by atoms with Crippen molar-refractivity contribution in [3.63, 3.8) is 0 Å². The van der Waals surface area contributed by atoms with Gasteiger partial charge >= 0.3 is 0 Å². The normalized spacial score (nSPS) is 12.8. The number of aromatic hydroxyl groups is 2. The van der Waals surface area contributed by atoms with E-state index in [0.717, 1.165) is 6.07 Å². The Bertz CT molecular complexity index is 275. The van der Waals surface area contributed by atoms with Gasteiger partial charge in [0.15, 0.2) is 0 Å². The zero-order chi connectivity index (χ0) is 9.14. The molecule has 0 amide bonds. The molecule has 0 aliphatic carbocycles. The van der Waals surface area contributed by atoms with E-state index < -0.39 is 6.10 Å². The van der Waals surface area contributed by atoms with Crippen LogP contribution in [0.3, 0.4) is 0 Å². The van der Waals surface area contributed by atoms with E-state index in [4.69, 9.17) is 10.8 Å². The molecule has 0 bridgehead atoms. The predicted octanol–water partition coefficient (Wildman–Crippen LogP) is 0.0899. The average molecular weight is 169 g/mol. The van der Waals surface area contributed by atoms with Crippen molar-refractivity contribution < 1.29 is 15.3 Å². The Labute approximate surface area is 69.9 Å². The molecule has 1 aromatic carbocycles. The summed E-state index contributed by atoms with van der Waals surface area (Å²) in [6, 6.07) is 3.98. The molecular weight excluding hydrogens is 158 g/mol. The lowest BCUT2D eigenvalue weighted by atomic mass is 10.1. The van der Waals surface area contributed by atoms with Crippen molar-refractivity contribution in [2.75, 3.05) is 6.54 Å². The number of aliphatic hydroxyl groups is 1. The Morgan fingerprint density at radius 3 is 2.50 bits per heavy atom. The maximum absolute atomic E-state index is 9.23. The summed E-state index contributed by atoms with van der Waals surface area (Å²) in [5.41, 5.74) is 5.52. The number of phenolic OH excluding ortho intramolecular Hbond substituents is 2. The SMILES string of the molecule is NC[C@@H](O)c1ccc(O)cc1O. The highest BCUT2D eigenvalue weighted by molar-refractivity contribution is 5.40. The third-order valence-electron chi connectivity index (χ3n) is 1.60. The molecule has 5 N–H and O–H groups in total. The first-order valence-electron chi connectivity index (χ1n) is 3.55. The zero-order valence-electron chi connectivity index (χ0n) is 6.44. The number of phenols is 2. The fourth-order valence-electron chi connectivity index (χ4n) is 0.941. The smallest absolute Gasteiger partial charge is 0.125 e. The zero-order valence-corrected chi connectivity index (χ0v) is 6.44. The minimum atomic E-state index is -0.884.